The van der Waals surface area contributed by atoms with E-state index in [1.165, 1.54) is 27.8 Å². The highest BCUT2D eigenvalue weighted by Crippen LogP contribution is 2.37. The molecule has 1 aliphatic heterocycles. The van der Waals surface area contributed by atoms with Crippen molar-refractivity contribution >= 4 is 10.9 Å². The summed E-state index contributed by atoms with van der Waals surface area (Å²) >= 11 is 0. The molecule has 0 spiro atoms. The average molecular weight is 347 g/mol. The molecule has 26 heavy (non-hydrogen) atoms. The van der Waals surface area contributed by atoms with E-state index < -0.39 is 0 Å². The summed E-state index contributed by atoms with van der Waals surface area (Å²) in [5, 5.41) is 1.07. The summed E-state index contributed by atoms with van der Waals surface area (Å²) in [6.07, 6.45) is 1.07. The van der Waals surface area contributed by atoms with E-state index in [9.17, 15) is 0 Å². The van der Waals surface area contributed by atoms with E-state index in [2.05, 4.69) is 51.1 Å². The monoisotopic (exact) mass is 347 g/mol. The molecule has 1 saturated heterocycles. The molecule has 2 aromatic carbocycles. The van der Waals surface area contributed by atoms with Crippen molar-refractivity contribution in [2.24, 2.45) is 0 Å². The van der Waals surface area contributed by atoms with Crippen molar-refractivity contribution in [3.8, 4) is 16.9 Å². The number of hydrogen-bond donors (Lipinski definition) is 0. The Kier molecular flexibility index (Phi) is 4.41. The normalized spacial score (nSPS) is 17.0. The van der Waals surface area contributed by atoms with Crippen LogP contribution in [0.4, 0.5) is 0 Å². The summed E-state index contributed by atoms with van der Waals surface area (Å²) in [5.41, 5.74) is 8.29. The third kappa shape index (κ3) is 3.08. The molecule has 0 radical (unpaired) electrons. The van der Waals surface area contributed by atoms with Gasteiger partial charge in [-0.3, -0.25) is 4.98 Å². The van der Waals surface area contributed by atoms with Crippen LogP contribution in [-0.4, -0.2) is 24.3 Å². The Balaban J connectivity index is 1.91. The summed E-state index contributed by atoms with van der Waals surface area (Å²) in [6, 6.07) is 12.9. The predicted molar refractivity (Wildman–Crippen MR) is 106 cm³/mol. The maximum Gasteiger partial charge on any atom is 0.131 e. The van der Waals surface area contributed by atoms with Crippen LogP contribution in [-0.2, 0) is 4.74 Å². The van der Waals surface area contributed by atoms with Crippen molar-refractivity contribution in [3.63, 3.8) is 0 Å². The molecule has 1 unspecified atom stereocenters. The van der Waals surface area contributed by atoms with E-state index >= 15 is 0 Å². The highest BCUT2D eigenvalue weighted by Gasteiger charge is 2.20. The third-order valence-electron chi connectivity index (χ3n) is 5.06. The lowest BCUT2D eigenvalue weighted by Crippen LogP contribution is -2.16. The Morgan fingerprint density at radius 1 is 1.04 bits per heavy atom. The van der Waals surface area contributed by atoms with Crippen LogP contribution in [0.25, 0.3) is 22.0 Å². The number of rotatable bonds is 3. The molecule has 0 saturated carbocycles. The van der Waals surface area contributed by atoms with Crippen molar-refractivity contribution in [2.75, 3.05) is 13.2 Å². The first-order chi connectivity index (χ1) is 12.5. The molecular weight excluding hydrogens is 322 g/mol. The minimum atomic E-state index is 0.131. The summed E-state index contributed by atoms with van der Waals surface area (Å²) in [5.74, 6) is 0.910. The molecule has 0 N–H and O–H groups in total. The molecule has 3 nitrogen and oxygen atoms in total. The summed E-state index contributed by atoms with van der Waals surface area (Å²) in [4.78, 5) is 4.88. The van der Waals surface area contributed by atoms with Gasteiger partial charge in [-0.1, -0.05) is 29.8 Å². The van der Waals surface area contributed by atoms with Crippen LogP contribution in [0, 0.1) is 27.7 Å². The van der Waals surface area contributed by atoms with Gasteiger partial charge in [-0.05, 0) is 50.5 Å². The van der Waals surface area contributed by atoms with Crippen molar-refractivity contribution in [1.82, 2.24) is 4.98 Å². The lowest BCUT2D eigenvalue weighted by molar-refractivity contribution is 0.142. The largest absolute Gasteiger partial charge is 0.487 e. The number of aryl methyl sites for hydroxylation is 4. The molecule has 3 aromatic rings. The Bertz CT molecular complexity index is 948. The molecule has 1 aliphatic rings. The lowest BCUT2D eigenvalue weighted by Gasteiger charge is -2.18. The van der Waals surface area contributed by atoms with Gasteiger partial charge < -0.3 is 9.47 Å². The Hall–Kier alpha value is -2.39. The van der Waals surface area contributed by atoms with E-state index in [0.717, 1.165) is 35.4 Å². The van der Waals surface area contributed by atoms with Gasteiger partial charge in [-0.15, -0.1) is 0 Å². The average Bonchev–Trinajstić information content (AvgIpc) is 3.07. The summed E-state index contributed by atoms with van der Waals surface area (Å²) < 4.78 is 11.7. The van der Waals surface area contributed by atoms with Gasteiger partial charge in [0.2, 0.25) is 0 Å². The first-order valence-corrected chi connectivity index (χ1v) is 9.26. The molecule has 0 aliphatic carbocycles. The number of hydrogen-bond acceptors (Lipinski definition) is 3. The van der Waals surface area contributed by atoms with E-state index in [4.69, 9.17) is 14.5 Å². The number of para-hydroxylation sites is 1. The Labute approximate surface area is 155 Å². The van der Waals surface area contributed by atoms with Gasteiger partial charge in [0.25, 0.3) is 0 Å². The second-order valence-corrected chi connectivity index (χ2v) is 7.34. The fraction of sp³-hybridized carbons (Fsp3) is 0.348. The molecule has 0 amide bonds. The molecule has 1 atom stereocenters. The second kappa shape index (κ2) is 6.73. The van der Waals surface area contributed by atoms with E-state index in [0.29, 0.717) is 6.61 Å². The number of fused-ring (bicyclic) bond motifs is 1. The van der Waals surface area contributed by atoms with Crippen molar-refractivity contribution in [2.45, 2.75) is 40.2 Å². The van der Waals surface area contributed by atoms with Crippen LogP contribution >= 0.6 is 0 Å². The Morgan fingerprint density at radius 3 is 2.50 bits per heavy atom. The maximum atomic E-state index is 6.27. The second-order valence-electron chi connectivity index (χ2n) is 7.34. The van der Waals surface area contributed by atoms with Gasteiger partial charge in [0, 0.05) is 29.1 Å². The molecular formula is C23H25NO2. The Morgan fingerprint density at radius 2 is 1.81 bits per heavy atom. The van der Waals surface area contributed by atoms with Gasteiger partial charge in [0.1, 0.15) is 11.9 Å². The van der Waals surface area contributed by atoms with Crippen LogP contribution in [0.2, 0.25) is 0 Å². The quantitative estimate of drug-likeness (QED) is 0.644. The van der Waals surface area contributed by atoms with Gasteiger partial charge in [0.15, 0.2) is 0 Å². The number of nitrogens with zero attached hydrogens (tertiary/aromatic N) is 1. The van der Waals surface area contributed by atoms with Gasteiger partial charge in [-0.25, -0.2) is 0 Å². The van der Waals surface area contributed by atoms with E-state index in [-0.39, 0.29) is 6.10 Å². The number of pyridine rings is 1. The first-order valence-electron chi connectivity index (χ1n) is 9.26. The van der Waals surface area contributed by atoms with Crippen LogP contribution < -0.4 is 4.74 Å². The van der Waals surface area contributed by atoms with Crippen LogP contribution in [0.5, 0.6) is 5.75 Å². The summed E-state index contributed by atoms with van der Waals surface area (Å²) in [6.45, 7) is 9.97. The fourth-order valence-corrected chi connectivity index (χ4v) is 4.03. The van der Waals surface area contributed by atoms with Crippen molar-refractivity contribution in [1.29, 1.82) is 0 Å². The molecule has 134 valence electrons. The van der Waals surface area contributed by atoms with Crippen molar-refractivity contribution < 1.29 is 9.47 Å². The minimum absolute atomic E-state index is 0.131. The molecule has 0 bridgehead atoms. The predicted octanol–water partition coefficient (Wildman–Crippen LogP) is 5.30. The minimum Gasteiger partial charge on any atom is -0.487 e. The van der Waals surface area contributed by atoms with Gasteiger partial charge in [0.05, 0.1) is 18.7 Å². The highest BCUT2D eigenvalue weighted by atomic mass is 16.5. The third-order valence-corrected chi connectivity index (χ3v) is 5.06. The molecule has 1 aromatic heterocycles. The topological polar surface area (TPSA) is 31.4 Å². The molecule has 4 rings (SSSR count). The number of aromatic nitrogens is 1. The van der Waals surface area contributed by atoms with Crippen molar-refractivity contribution in [3.05, 3.63) is 58.8 Å². The van der Waals surface area contributed by atoms with Crippen LogP contribution in [0.3, 0.4) is 0 Å². The van der Waals surface area contributed by atoms with Crippen LogP contribution in [0.15, 0.2) is 36.4 Å². The lowest BCUT2D eigenvalue weighted by atomic mass is 9.92. The molecule has 1 fully saturated rings. The zero-order chi connectivity index (χ0) is 18.3. The zero-order valence-corrected chi connectivity index (χ0v) is 15.9. The highest BCUT2D eigenvalue weighted by molar-refractivity contribution is 5.98. The molecule has 2 heterocycles. The van der Waals surface area contributed by atoms with Crippen LogP contribution in [0.1, 0.15) is 28.8 Å². The van der Waals surface area contributed by atoms with E-state index in [1.54, 1.807) is 0 Å². The maximum absolute atomic E-state index is 6.27. The smallest absolute Gasteiger partial charge is 0.131 e. The molecule has 3 heteroatoms. The SMILES string of the molecule is Cc1cc(C)c(-c2cccc3c(OC4CCOC4)cc(C)nc23)c(C)c1. The van der Waals surface area contributed by atoms with Gasteiger partial charge >= 0.3 is 0 Å². The standard InChI is InChI=1S/C23H25NO2/c1-14-10-15(2)22(16(3)11-14)20-7-5-6-19-21(12-17(4)24-23(19)20)26-18-8-9-25-13-18/h5-7,10-12,18H,8-9,13H2,1-4H3. The van der Waals surface area contributed by atoms with Gasteiger partial charge in [-0.2, -0.15) is 0 Å². The number of benzene rings is 2. The zero-order valence-electron chi connectivity index (χ0n) is 15.9. The van der Waals surface area contributed by atoms with E-state index in [1.807, 2.05) is 13.0 Å². The first kappa shape index (κ1) is 17.0. The fourth-order valence-electron chi connectivity index (χ4n) is 4.03. The summed E-state index contributed by atoms with van der Waals surface area (Å²) in [7, 11) is 0. The number of ether oxygens (including phenoxy) is 2.